The highest BCUT2D eigenvalue weighted by atomic mass is 19.1. The number of nitrogens with one attached hydrogen (secondary N) is 1. The Balaban J connectivity index is 2.02. The summed E-state index contributed by atoms with van der Waals surface area (Å²) in [5.74, 6) is -0.321. The molecule has 18 heavy (non-hydrogen) atoms. The molecular formula is C14H19FN2O. The van der Waals surface area contributed by atoms with Crippen molar-refractivity contribution in [3.8, 4) is 0 Å². The summed E-state index contributed by atoms with van der Waals surface area (Å²) < 4.78 is 13.2. The lowest BCUT2D eigenvalue weighted by Crippen LogP contribution is -2.38. The van der Waals surface area contributed by atoms with E-state index in [1.165, 1.54) is 12.5 Å². The number of amides is 1. The summed E-state index contributed by atoms with van der Waals surface area (Å²) in [4.78, 5) is 13.9. The van der Waals surface area contributed by atoms with Crippen LogP contribution in [0, 0.1) is 12.7 Å². The average Bonchev–Trinajstić information content (AvgIpc) is 2.84. The highest BCUT2D eigenvalue weighted by Crippen LogP contribution is 2.12. The van der Waals surface area contributed by atoms with Crippen molar-refractivity contribution in [2.75, 3.05) is 20.1 Å². The maximum Gasteiger partial charge on any atom is 0.253 e. The molecule has 1 N–H and O–H groups in total. The molecule has 1 fully saturated rings. The van der Waals surface area contributed by atoms with Crippen LogP contribution in [0.5, 0.6) is 0 Å². The zero-order chi connectivity index (χ0) is 13.1. The van der Waals surface area contributed by atoms with E-state index in [0.717, 1.165) is 13.0 Å². The molecule has 1 heterocycles. The molecule has 1 atom stereocenters. The predicted octanol–water partition coefficient (Wildman–Crippen LogP) is 1.96. The van der Waals surface area contributed by atoms with E-state index in [2.05, 4.69) is 5.32 Å². The van der Waals surface area contributed by atoms with Crippen LogP contribution in [0.4, 0.5) is 4.39 Å². The van der Waals surface area contributed by atoms with Crippen molar-refractivity contribution >= 4 is 5.91 Å². The van der Waals surface area contributed by atoms with E-state index in [4.69, 9.17) is 0 Å². The van der Waals surface area contributed by atoms with E-state index >= 15 is 0 Å². The number of benzene rings is 1. The van der Waals surface area contributed by atoms with Gasteiger partial charge in [0, 0.05) is 25.2 Å². The Kier molecular flexibility index (Phi) is 3.97. The number of likely N-dealkylation sites (N-methyl/N-ethyl adjacent to an activating group) is 1. The minimum atomic E-state index is -0.272. The van der Waals surface area contributed by atoms with Gasteiger partial charge in [0.15, 0.2) is 0 Å². The number of carbonyl (C=O) groups is 1. The van der Waals surface area contributed by atoms with Crippen LogP contribution >= 0.6 is 0 Å². The molecule has 1 aliphatic rings. The predicted molar refractivity (Wildman–Crippen MR) is 69.1 cm³/mol. The first kappa shape index (κ1) is 13.0. The largest absolute Gasteiger partial charge is 0.340 e. The molecular weight excluding hydrogens is 231 g/mol. The van der Waals surface area contributed by atoms with Gasteiger partial charge < -0.3 is 10.2 Å². The number of halogens is 1. The van der Waals surface area contributed by atoms with E-state index < -0.39 is 0 Å². The fraction of sp³-hybridized carbons (Fsp3) is 0.500. The van der Waals surface area contributed by atoms with Crippen LogP contribution in [-0.4, -0.2) is 37.0 Å². The fourth-order valence-electron chi connectivity index (χ4n) is 2.32. The Morgan fingerprint density at radius 1 is 1.56 bits per heavy atom. The highest BCUT2D eigenvalue weighted by molar-refractivity contribution is 5.94. The third-order valence-electron chi connectivity index (χ3n) is 3.41. The number of hydrogen-bond donors (Lipinski definition) is 1. The molecule has 1 aromatic rings. The number of hydrogen-bond acceptors (Lipinski definition) is 2. The Morgan fingerprint density at radius 2 is 2.33 bits per heavy atom. The Labute approximate surface area is 107 Å². The van der Waals surface area contributed by atoms with Gasteiger partial charge in [-0.2, -0.15) is 0 Å². The standard InChI is InChI=1S/C14H19FN2O/c1-10-8-11(5-6-13(10)15)14(18)17(2)9-12-4-3-7-16-12/h5-6,8,12,16H,3-4,7,9H2,1-2H3. The molecule has 0 aromatic heterocycles. The van der Waals surface area contributed by atoms with E-state index in [-0.39, 0.29) is 11.7 Å². The summed E-state index contributed by atoms with van der Waals surface area (Å²) in [5.41, 5.74) is 1.06. The van der Waals surface area contributed by atoms with Crippen LogP contribution in [0.25, 0.3) is 0 Å². The lowest BCUT2D eigenvalue weighted by molar-refractivity contribution is 0.0783. The Bertz CT molecular complexity index is 441. The molecule has 98 valence electrons. The molecule has 1 saturated heterocycles. The van der Waals surface area contributed by atoms with Gasteiger partial charge in [0.05, 0.1) is 0 Å². The monoisotopic (exact) mass is 250 g/mol. The van der Waals surface area contributed by atoms with Crippen molar-refractivity contribution in [2.45, 2.75) is 25.8 Å². The number of carbonyl (C=O) groups excluding carboxylic acids is 1. The van der Waals surface area contributed by atoms with Gasteiger partial charge in [-0.3, -0.25) is 4.79 Å². The van der Waals surface area contributed by atoms with Crippen LogP contribution in [0.3, 0.4) is 0 Å². The first-order valence-corrected chi connectivity index (χ1v) is 6.33. The summed E-state index contributed by atoms with van der Waals surface area (Å²) in [7, 11) is 1.79. The summed E-state index contributed by atoms with van der Waals surface area (Å²) in [6, 6.07) is 4.89. The van der Waals surface area contributed by atoms with Gasteiger partial charge in [-0.1, -0.05) is 0 Å². The van der Waals surface area contributed by atoms with Crippen LogP contribution < -0.4 is 5.32 Å². The van der Waals surface area contributed by atoms with Gasteiger partial charge in [-0.15, -0.1) is 0 Å². The summed E-state index contributed by atoms with van der Waals surface area (Å²) in [5, 5.41) is 3.36. The molecule has 0 radical (unpaired) electrons. The van der Waals surface area contributed by atoms with Crippen LogP contribution in [-0.2, 0) is 0 Å². The molecule has 4 heteroatoms. The van der Waals surface area contributed by atoms with Crippen molar-refractivity contribution in [3.63, 3.8) is 0 Å². The highest BCUT2D eigenvalue weighted by Gasteiger charge is 2.19. The lowest BCUT2D eigenvalue weighted by Gasteiger charge is -2.21. The van der Waals surface area contributed by atoms with E-state index in [9.17, 15) is 9.18 Å². The third-order valence-corrected chi connectivity index (χ3v) is 3.41. The van der Waals surface area contributed by atoms with Crippen LogP contribution in [0.1, 0.15) is 28.8 Å². The number of aryl methyl sites for hydroxylation is 1. The summed E-state index contributed by atoms with van der Waals surface area (Å²) in [6.45, 7) is 3.41. The van der Waals surface area contributed by atoms with Gasteiger partial charge in [-0.25, -0.2) is 4.39 Å². The third kappa shape index (κ3) is 2.88. The van der Waals surface area contributed by atoms with Crippen molar-refractivity contribution in [1.82, 2.24) is 10.2 Å². The second-order valence-electron chi connectivity index (χ2n) is 4.94. The molecule has 1 amide bonds. The van der Waals surface area contributed by atoms with Gasteiger partial charge in [0.2, 0.25) is 0 Å². The van der Waals surface area contributed by atoms with Crippen molar-refractivity contribution in [3.05, 3.63) is 35.1 Å². The van der Waals surface area contributed by atoms with Gasteiger partial charge in [0.25, 0.3) is 5.91 Å². The maximum absolute atomic E-state index is 13.2. The summed E-state index contributed by atoms with van der Waals surface area (Å²) >= 11 is 0. The molecule has 0 aliphatic carbocycles. The normalized spacial score (nSPS) is 18.9. The first-order chi connectivity index (χ1) is 8.58. The van der Waals surface area contributed by atoms with Crippen molar-refractivity contribution in [1.29, 1.82) is 0 Å². The average molecular weight is 250 g/mol. The summed E-state index contributed by atoms with van der Waals surface area (Å²) in [6.07, 6.45) is 2.28. The first-order valence-electron chi connectivity index (χ1n) is 6.33. The smallest absolute Gasteiger partial charge is 0.253 e. The molecule has 1 aliphatic heterocycles. The quantitative estimate of drug-likeness (QED) is 0.889. The van der Waals surface area contributed by atoms with Crippen LogP contribution in [0.15, 0.2) is 18.2 Å². The minimum absolute atomic E-state index is 0.0493. The number of rotatable bonds is 3. The molecule has 0 saturated carbocycles. The van der Waals surface area contributed by atoms with Gasteiger partial charge in [0.1, 0.15) is 5.82 Å². The van der Waals surface area contributed by atoms with E-state index in [0.29, 0.717) is 23.7 Å². The zero-order valence-electron chi connectivity index (χ0n) is 10.9. The second-order valence-corrected chi connectivity index (χ2v) is 4.94. The second kappa shape index (κ2) is 5.48. The SMILES string of the molecule is Cc1cc(C(=O)N(C)CC2CCCN2)ccc1F. The Morgan fingerprint density at radius 3 is 2.94 bits per heavy atom. The van der Waals surface area contributed by atoms with Gasteiger partial charge in [-0.05, 0) is 50.1 Å². The molecule has 0 spiro atoms. The zero-order valence-corrected chi connectivity index (χ0v) is 10.9. The topological polar surface area (TPSA) is 32.3 Å². The molecule has 3 nitrogen and oxygen atoms in total. The molecule has 2 rings (SSSR count). The minimum Gasteiger partial charge on any atom is -0.340 e. The van der Waals surface area contributed by atoms with Crippen molar-refractivity contribution in [2.24, 2.45) is 0 Å². The Hall–Kier alpha value is -1.42. The lowest BCUT2D eigenvalue weighted by atomic mass is 10.1. The van der Waals surface area contributed by atoms with E-state index in [1.807, 2.05) is 0 Å². The molecule has 1 aromatic carbocycles. The number of nitrogens with zero attached hydrogens (tertiary/aromatic N) is 1. The fourth-order valence-corrected chi connectivity index (χ4v) is 2.32. The maximum atomic E-state index is 13.2. The molecule has 1 unspecified atom stereocenters. The van der Waals surface area contributed by atoms with Crippen LogP contribution in [0.2, 0.25) is 0 Å². The van der Waals surface area contributed by atoms with Gasteiger partial charge >= 0.3 is 0 Å². The van der Waals surface area contributed by atoms with Crippen molar-refractivity contribution < 1.29 is 9.18 Å². The van der Waals surface area contributed by atoms with E-state index in [1.54, 1.807) is 31.0 Å². The molecule has 0 bridgehead atoms.